The fourth-order valence-corrected chi connectivity index (χ4v) is 0. The molecule has 0 rings (SSSR count). The predicted octanol–water partition coefficient (Wildman–Crippen LogP) is -1.96. The molecule has 0 aliphatic heterocycles. The van der Waals surface area contributed by atoms with Crippen molar-refractivity contribution in [1.29, 1.82) is 0 Å². The Balaban J connectivity index is 0. The molecule has 0 atom stereocenters. The Morgan fingerprint density at radius 1 is 1.38 bits per heavy atom. The summed E-state index contributed by atoms with van der Waals surface area (Å²) in [6, 6.07) is 0. The molecule has 0 bridgehead atoms. The van der Waals surface area contributed by atoms with Crippen LogP contribution in [0.25, 0.3) is 0 Å². The van der Waals surface area contributed by atoms with E-state index in [9.17, 15) is 0 Å². The summed E-state index contributed by atoms with van der Waals surface area (Å²) in [6.45, 7) is 1.08. The molecule has 0 aliphatic carbocycles. The standard InChI is InChI=1S/C2H4O2.BH3O3/c1-2(3)4;2-1(3)4/h1H3,(H,3,4);2-4H. The van der Waals surface area contributed by atoms with E-state index < -0.39 is 13.3 Å². The van der Waals surface area contributed by atoms with Gasteiger partial charge in [0.05, 0.1) is 0 Å². The Bertz CT molecular complexity index is 54.7. The zero-order valence-corrected chi connectivity index (χ0v) is 4.27. The molecule has 0 heterocycles. The van der Waals surface area contributed by atoms with Gasteiger partial charge in [0, 0.05) is 6.92 Å². The van der Waals surface area contributed by atoms with Gasteiger partial charge >= 0.3 is 7.32 Å². The van der Waals surface area contributed by atoms with Gasteiger partial charge in [0.2, 0.25) is 0 Å². The van der Waals surface area contributed by atoms with E-state index in [1.807, 2.05) is 0 Å². The predicted molar refractivity (Wildman–Crippen MR) is 25.7 cm³/mol. The molecular formula is C2H7BO5. The van der Waals surface area contributed by atoms with Crippen LogP contribution in [0.2, 0.25) is 0 Å². The van der Waals surface area contributed by atoms with Crippen LogP contribution in [-0.2, 0) is 4.79 Å². The van der Waals surface area contributed by atoms with Crippen LogP contribution >= 0.6 is 0 Å². The number of carbonyl (C=O) groups is 1. The van der Waals surface area contributed by atoms with Gasteiger partial charge in [-0.1, -0.05) is 0 Å². The van der Waals surface area contributed by atoms with Gasteiger partial charge < -0.3 is 20.2 Å². The number of hydrogen-bond acceptors (Lipinski definition) is 4. The third kappa shape index (κ3) is 308. The highest BCUT2D eigenvalue weighted by Gasteiger charge is 1.92. The summed E-state index contributed by atoms with van der Waals surface area (Å²) < 4.78 is 0. The van der Waals surface area contributed by atoms with Crippen LogP contribution in [0.3, 0.4) is 0 Å². The average Bonchev–Trinajstić information content (AvgIpc) is 1.25. The first-order valence-electron chi connectivity index (χ1n) is 1.70. The second-order valence-corrected chi connectivity index (χ2v) is 0.865. The molecule has 0 saturated carbocycles. The maximum atomic E-state index is 9.00. The minimum Gasteiger partial charge on any atom is -0.481 e. The lowest BCUT2D eigenvalue weighted by molar-refractivity contribution is -0.134. The van der Waals surface area contributed by atoms with Crippen molar-refractivity contribution in [1.82, 2.24) is 0 Å². The summed E-state index contributed by atoms with van der Waals surface area (Å²) in [5.74, 6) is -0.833. The smallest absolute Gasteiger partial charge is 0.481 e. The summed E-state index contributed by atoms with van der Waals surface area (Å²) in [7, 11) is -2.17. The summed E-state index contributed by atoms with van der Waals surface area (Å²) in [5, 5.41) is 28.9. The zero-order valence-electron chi connectivity index (χ0n) is 4.27. The van der Waals surface area contributed by atoms with E-state index in [0.717, 1.165) is 6.92 Å². The highest BCUT2D eigenvalue weighted by atomic mass is 16.5. The molecule has 8 heavy (non-hydrogen) atoms. The lowest BCUT2D eigenvalue weighted by atomic mass is 10.3. The van der Waals surface area contributed by atoms with Gasteiger partial charge in [-0.15, -0.1) is 0 Å². The summed E-state index contributed by atoms with van der Waals surface area (Å²) in [5.41, 5.74) is 0. The van der Waals surface area contributed by atoms with Gasteiger partial charge in [0.1, 0.15) is 0 Å². The van der Waals surface area contributed by atoms with Crippen molar-refractivity contribution in [3.05, 3.63) is 0 Å². The van der Waals surface area contributed by atoms with Gasteiger partial charge in [-0.25, -0.2) is 0 Å². The Hall–Kier alpha value is -0.585. The highest BCUT2D eigenvalue weighted by molar-refractivity contribution is 6.30. The molecule has 0 saturated heterocycles. The Labute approximate surface area is 46.4 Å². The zero-order chi connectivity index (χ0) is 7.15. The normalized spacial score (nSPS) is 6.50. The monoisotopic (exact) mass is 122 g/mol. The molecule has 0 aliphatic rings. The molecular weight excluding hydrogens is 115 g/mol. The molecule has 4 N–H and O–H groups in total. The minimum atomic E-state index is -2.17. The van der Waals surface area contributed by atoms with Crippen LogP contribution in [-0.4, -0.2) is 33.5 Å². The fraction of sp³-hybridized carbons (Fsp3) is 0.500. The number of rotatable bonds is 0. The number of carboxylic acids is 1. The van der Waals surface area contributed by atoms with E-state index in [0.29, 0.717) is 0 Å². The molecule has 0 amide bonds. The lowest BCUT2D eigenvalue weighted by Crippen LogP contribution is -2.07. The van der Waals surface area contributed by atoms with Crippen molar-refractivity contribution in [3.8, 4) is 0 Å². The molecule has 0 radical (unpaired) electrons. The molecule has 0 aromatic carbocycles. The number of carboxylic acid groups (broad SMARTS) is 1. The van der Waals surface area contributed by atoms with Crippen molar-refractivity contribution in [2.45, 2.75) is 6.92 Å². The summed E-state index contributed by atoms with van der Waals surface area (Å²) in [4.78, 5) is 9.00. The van der Waals surface area contributed by atoms with Gasteiger partial charge in [-0.2, -0.15) is 0 Å². The second-order valence-electron chi connectivity index (χ2n) is 0.865. The molecule has 0 fully saturated rings. The minimum absolute atomic E-state index is 0.833. The third-order valence-corrected chi connectivity index (χ3v) is 0. The van der Waals surface area contributed by atoms with Crippen molar-refractivity contribution < 1.29 is 25.0 Å². The van der Waals surface area contributed by atoms with Crippen molar-refractivity contribution >= 4 is 13.3 Å². The van der Waals surface area contributed by atoms with Crippen molar-refractivity contribution in [2.75, 3.05) is 0 Å². The first-order chi connectivity index (χ1) is 3.46. The average molecular weight is 122 g/mol. The molecule has 0 aromatic heterocycles. The Morgan fingerprint density at radius 2 is 1.38 bits per heavy atom. The van der Waals surface area contributed by atoms with Gasteiger partial charge in [0.25, 0.3) is 5.97 Å². The van der Waals surface area contributed by atoms with E-state index in [4.69, 9.17) is 25.0 Å². The van der Waals surface area contributed by atoms with Crippen LogP contribution in [0.1, 0.15) is 6.92 Å². The summed E-state index contributed by atoms with van der Waals surface area (Å²) >= 11 is 0. The van der Waals surface area contributed by atoms with Crippen LogP contribution in [0.5, 0.6) is 0 Å². The second kappa shape index (κ2) is 6.41. The van der Waals surface area contributed by atoms with Crippen molar-refractivity contribution in [2.24, 2.45) is 0 Å². The maximum Gasteiger partial charge on any atom is 0.631 e. The van der Waals surface area contributed by atoms with Gasteiger partial charge in [-0.3, -0.25) is 4.79 Å². The van der Waals surface area contributed by atoms with Gasteiger partial charge in [0.15, 0.2) is 0 Å². The van der Waals surface area contributed by atoms with Crippen LogP contribution < -0.4 is 0 Å². The van der Waals surface area contributed by atoms with E-state index in [1.54, 1.807) is 0 Å². The lowest BCUT2D eigenvalue weighted by Gasteiger charge is -1.69. The fourth-order valence-electron chi connectivity index (χ4n) is 0. The topological polar surface area (TPSA) is 98.0 Å². The molecule has 48 valence electrons. The largest absolute Gasteiger partial charge is 0.631 e. The Morgan fingerprint density at radius 3 is 1.38 bits per heavy atom. The molecule has 6 heteroatoms. The van der Waals surface area contributed by atoms with Gasteiger partial charge in [-0.05, 0) is 0 Å². The first-order valence-corrected chi connectivity index (χ1v) is 1.70. The maximum absolute atomic E-state index is 9.00. The SMILES string of the molecule is CC(=O)O.OB(O)O. The van der Waals surface area contributed by atoms with E-state index in [2.05, 4.69) is 0 Å². The van der Waals surface area contributed by atoms with Crippen LogP contribution in [0.4, 0.5) is 0 Å². The highest BCUT2D eigenvalue weighted by Crippen LogP contribution is 1.42. The molecule has 0 unspecified atom stereocenters. The van der Waals surface area contributed by atoms with Crippen LogP contribution in [0, 0.1) is 0 Å². The molecule has 0 spiro atoms. The molecule has 0 aromatic rings. The number of aliphatic carboxylic acids is 1. The number of hydrogen-bond donors (Lipinski definition) is 4. The molecule has 5 nitrogen and oxygen atoms in total. The van der Waals surface area contributed by atoms with E-state index in [1.165, 1.54) is 0 Å². The first kappa shape index (κ1) is 10.4. The van der Waals surface area contributed by atoms with E-state index >= 15 is 0 Å². The van der Waals surface area contributed by atoms with Crippen LogP contribution in [0.15, 0.2) is 0 Å². The van der Waals surface area contributed by atoms with E-state index in [-0.39, 0.29) is 0 Å². The third-order valence-electron chi connectivity index (χ3n) is 0. The van der Waals surface area contributed by atoms with Crippen molar-refractivity contribution in [3.63, 3.8) is 0 Å². The Kier molecular flexibility index (Phi) is 8.34. The quantitative estimate of drug-likeness (QED) is 0.279. The summed E-state index contributed by atoms with van der Waals surface area (Å²) in [6.07, 6.45) is 0.